The number of nitrogens with zero attached hydrogens (tertiary/aromatic N) is 1. The quantitative estimate of drug-likeness (QED) is 0.560. The van der Waals surface area contributed by atoms with E-state index in [-0.39, 0.29) is 6.42 Å². The van der Waals surface area contributed by atoms with Crippen molar-refractivity contribution in [3.8, 4) is 5.75 Å². The zero-order chi connectivity index (χ0) is 19.2. The van der Waals surface area contributed by atoms with Crippen LogP contribution in [0.3, 0.4) is 0 Å². The topological polar surface area (TPSA) is 83.6 Å². The summed E-state index contributed by atoms with van der Waals surface area (Å²) >= 11 is 0. The molecule has 1 atom stereocenters. The molecule has 1 unspecified atom stereocenters. The molecule has 0 saturated carbocycles. The van der Waals surface area contributed by atoms with Crippen molar-refractivity contribution >= 4 is 25.1 Å². The van der Waals surface area contributed by atoms with Gasteiger partial charge in [0.25, 0.3) is 0 Å². The molecule has 140 valence electrons. The minimum atomic E-state index is -2.23. The second-order valence-electron chi connectivity index (χ2n) is 6.24. The van der Waals surface area contributed by atoms with Crippen molar-refractivity contribution in [3.05, 3.63) is 65.9 Å². The molecule has 0 fully saturated rings. The number of amides is 1. The van der Waals surface area contributed by atoms with Crippen molar-refractivity contribution in [2.24, 2.45) is 5.73 Å². The fraction of sp³-hybridized carbons (Fsp3) is 0.250. The lowest BCUT2D eigenvalue weighted by Crippen LogP contribution is -2.13. The van der Waals surface area contributed by atoms with Gasteiger partial charge in [-0.25, -0.2) is 4.52 Å². The van der Waals surface area contributed by atoms with Crippen molar-refractivity contribution in [2.75, 3.05) is 6.61 Å². The molecule has 2 aromatic carbocycles. The summed E-state index contributed by atoms with van der Waals surface area (Å²) in [5.41, 5.74) is 8.31. The van der Waals surface area contributed by atoms with E-state index in [1.807, 2.05) is 49.5 Å². The predicted molar refractivity (Wildman–Crippen MR) is 105 cm³/mol. The minimum Gasteiger partial charge on any atom is -0.369 e. The molecule has 3 rings (SSSR count). The lowest BCUT2D eigenvalue weighted by Gasteiger charge is -2.05. The normalized spacial score (nSPS) is 11.5. The Morgan fingerprint density at radius 1 is 1.19 bits per heavy atom. The summed E-state index contributed by atoms with van der Waals surface area (Å²) in [5.74, 6) is 0.0281. The number of primary amides is 1. The van der Waals surface area contributed by atoms with Gasteiger partial charge in [-0.2, -0.15) is 0 Å². The number of benzene rings is 2. The van der Waals surface area contributed by atoms with E-state index >= 15 is 0 Å². The monoisotopic (exact) mass is 385 g/mol. The molecule has 27 heavy (non-hydrogen) atoms. The number of rotatable bonds is 9. The molecule has 1 amide bonds. The molecule has 0 saturated heterocycles. The maximum absolute atomic E-state index is 11.8. The van der Waals surface area contributed by atoms with E-state index in [0.29, 0.717) is 18.9 Å². The fourth-order valence-corrected chi connectivity index (χ4v) is 3.59. The molecule has 1 aromatic heterocycles. The first-order valence-electron chi connectivity index (χ1n) is 8.79. The molecule has 2 N–H and O–H groups in total. The Balaban J connectivity index is 1.93. The number of hydrogen-bond acceptors (Lipinski definition) is 4. The fourth-order valence-electron chi connectivity index (χ4n) is 2.92. The van der Waals surface area contributed by atoms with Crippen molar-refractivity contribution in [1.82, 2.24) is 4.57 Å². The first-order valence-corrected chi connectivity index (χ1v) is 9.88. The van der Waals surface area contributed by atoms with Crippen LogP contribution in [-0.2, 0) is 26.8 Å². The van der Waals surface area contributed by atoms with Gasteiger partial charge in [0, 0.05) is 28.2 Å². The molecule has 7 heteroatoms. The summed E-state index contributed by atoms with van der Waals surface area (Å²) in [7, 11) is -2.23. The van der Waals surface area contributed by atoms with Crippen molar-refractivity contribution < 1.29 is 18.4 Å². The molecule has 1 heterocycles. The van der Waals surface area contributed by atoms with E-state index in [2.05, 4.69) is 4.57 Å². The third-order valence-corrected chi connectivity index (χ3v) is 4.83. The Morgan fingerprint density at radius 3 is 2.67 bits per heavy atom. The number of carbonyl (C=O) groups excluding carboxylic acids is 1. The Kier molecular flexibility index (Phi) is 6.22. The van der Waals surface area contributed by atoms with Gasteiger partial charge in [0.2, 0.25) is 5.91 Å². The molecule has 0 aliphatic rings. The summed E-state index contributed by atoms with van der Waals surface area (Å²) in [6.07, 6.45) is 2.81. The van der Waals surface area contributed by atoms with E-state index in [0.717, 1.165) is 28.5 Å². The second kappa shape index (κ2) is 8.80. The summed E-state index contributed by atoms with van der Waals surface area (Å²) < 4.78 is 24.4. The maximum atomic E-state index is 11.8. The van der Waals surface area contributed by atoms with Gasteiger partial charge in [-0.3, -0.25) is 4.79 Å². The highest BCUT2D eigenvalue weighted by Gasteiger charge is 2.22. The van der Waals surface area contributed by atoms with Crippen LogP contribution in [0, 0.1) is 0 Å². The lowest BCUT2D eigenvalue weighted by atomic mass is 10.1. The van der Waals surface area contributed by atoms with Crippen LogP contribution in [0.2, 0.25) is 0 Å². The first-order chi connectivity index (χ1) is 13.1. The standard InChI is InChI=1S/C20H21N2O4P/c1-2-10-25-27(24)26-17-8-9-19-18(12-17)16(11-20(21)23)14-22(19)13-15-6-4-3-5-7-15/h3-9,12,14H,2,10-11,13H2,1H3,(H-,21,23)/p+1. The summed E-state index contributed by atoms with van der Waals surface area (Å²) in [4.78, 5) is 11.5. The largest absolute Gasteiger partial charge is 0.750 e. The molecule has 6 nitrogen and oxygen atoms in total. The summed E-state index contributed by atoms with van der Waals surface area (Å²) in [6, 6.07) is 15.5. The highest BCUT2D eigenvalue weighted by molar-refractivity contribution is 7.33. The average Bonchev–Trinajstić information content (AvgIpc) is 2.97. The number of hydrogen-bond donors (Lipinski definition) is 1. The Morgan fingerprint density at radius 2 is 1.96 bits per heavy atom. The molecule has 0 bridgehead atoms. The molecule has 0 aliphatic heterocycles. The van der Waals surface area contributed by atoms with E-state index in [1.165, 1.54) is 0 Å². The van der Waals surface area contributed by atoms with Gasteiger partial charge < -0.3 is 10.3 Å². The SMILES string of the molecule is CCCO[P+](=O)Oc1ccc2c(c1)c(CC(N)=O)cn2Cc1ccccc1. The molecule has 0 radical (unpaired) electrons. The first kappa shape index (κ1) is 19.1. The number of aromatic nitrogens is 1. The average molecular weight is 385 g/mol. The van der Waals surface area contributed by atoms with Crippen LogP contribution in [0.15, 0.2) is 54.7 Å². The van der Waals surface area contributed by atoms with E-state index in [4.69, 9.17) is 14.8 Å². The number of fused-ring (bicyclic) bond motifs is 1. The van der Waals surface area contributed by atoms with Crippen molar-refractivity contribution in [2.45, 2.75) is 26.3 Å². The smallest absolute Gasteiger partial charge is 0.369 e. The Hall–Kier alpha value is -2.69. The highest BCUT2D eigenvalue weighted by atomic mass is 31.1. The summed E-state index contributed by atoms with van der Waals surface area (Å²) in [5, 5.41) is 0.848. The molecular weight excluding hydrogens is 363 g/mol. The number of nitrogens with two attached hydrogens (primary N) is 1. The second-order valence-corrected chi connectivity index (χ2v) is 7.13. The van der Waals surface area contributed by atoms with E-state index in [9.17, 15) is 9.36 Å². The molecule has 3 aromatic rings. The van der Waals surface area contributed by atoms with E-state index < -0.39 is 14.2 Å². The zero-order valence-corrected chi connectivity index (χ0v) is 16.0. The van der Waals surface area contributed by atoms with Crippen LogP contribution in [0.5, 0.6) is 5.75 Å². The summed E-state index contributed by atoms with van der Waals surface area (Å²) in [6.45, 7) is 2.98. The maximum Gasteiger partial charge on any atom is 0.750 e. The molecular formula is C20H22N2O4P+. The van der Waals surface area contributed by atoms with E-state index in [1.54, 1.807) is 12.1 Å². The number of carbonyl (C=O) groups is 1. The van der Waals surface area contributed by atoms with Crippen LogP contribution in [0.4, 0.5) is 0 Å². The Bertz CT molecular complexity index is 953. The third-order valence-electron chi connectivity index (χ3n) is 4.08. The van der Waals surface area contributed by atoms with Gasteiger partial charge >= 0.3 is 8.25 Å². The highest BCUT2D eigenvalue weighted by Crippen LogP contribution is 2.32. The van der Waals surface area contributed by atoms with Gasteiger partial charge in [0.1, 0.15) is 6.61 Å². The van der Waals surface area contributed by atoms with Gasteiger partial charge in [-0.1, -0.05) is 37.3 Å². The predicted octanol–water partition coefficient (Wildman–Crippen LogP) is 4.18. The molecule has 0 spiro atoms. The zero-order valence-electron chi connectivity index (χ0n) is 15.1. The van der Waals surface area contributed by atoms with Crippen LogP contribution >= 0.6 is 8.25 Å². The van der Waals surface area contributed by atoms with Crippen LogP contribution in [0.1, 0.15) is 24.5 Å². The van der Waals surface area contributed by atoms with Gasteiger partial charge in [-0.15, -0.1) is 4.52 Å². The van der Waals surface area contributed by atoms with Gasteiger partial charge in [0.15, 0.2) is 5.75 Å². The van der Waals surface area contributed by atoms with Crippen molar-refractivity contribution in [3.63, 3.8) is 0 Å². The van der Waals surface area contributed by atoms with Crippen LogP contribution in [-0.4, -0.2) is 17.1 Å². The minimum absolute atomic E-state index is 0.125. The lowest BCUT2D eigenvalue weighted by molar-refractivity contribution is -0.117. The van der Waals surface area contributed by atoms with Crippen LogP contribution in [0.25, 0.3) is 10.9 Å². The third kappa shape index (κ3) is 4.94. The van der Waals surface area contributed by atoms with Crippen molar-refractivity contribution in [1.29, 1.82) is 0 Å². The van der Waals surface area contributed by atoms with Gasteiger partial charge in [-0.05, 0) is 35.7 Å². The molecule has 0 aliphatic carbocycles. The van der Waals surface area contributed by atoms with Crippen LogP contribution < -0.4 is 10.3 Å². The van der Waals surface area contributed by atoms with Gasteiger partial charge in [0.05, 0.1) is 6.42 Å². The Labute approximate surface area is 158 Å².